The summed E-state index contributed by atoms with van der Waals surface area (Å²) in [5.74, 6) is 1.57. The first-order valence-corrected chi connectivity index (χ1v) is 6.29. The molecule has 2 atom stereocenters. The van der Waals surface area contributed by atoms with Crippen molar-refractivity contribution < 1.29 is 4.79 Å². The summed E-state index contributed by atoms with van der Waals surface area (Å²) in [5, 5.41) is 6.46. The summed E-state index contributed by atoms with van der Waals surface area (Å²) in [6.07, 6.45) is 6.28. The largest absolute Gasteiger partial charge is 0.356 e. The van der Waals surface area contributed by atoms with E-state index in [1.807, 2.05) is 0 Å². The minimum Gasteiger partial charge on any atom is -0.356 e. The monoisotopic (exact) mass is 208 g/mol. The first-order chi connectivity index (χ1) is 7.30. The number of hydrogen-bond acceptors (Lipinski definition) is 2. The van der Waals surface area contributed by atoms with Crippen LogP contribution in [0.5, 0.6) is 0 Å². The van der Waals surface area contributed by atoms with Gasteiger partial charge >= 0.3 is 0 Å². The number of hydrogen-bond donors (Lipinski definition) is 2. The molecule has 1 amide bonds. The van der Waals surface area contributed by atoms with Crippen molar-refractivity contribution in [3.63, 3.8) is 0 Å². The molecular formula is C12H20N2O. The smallest absolute Gasteiger partial charge is 0.223 e. The fourth-order valence-corrected chi connectivity index (χ4v) is 2.88. The minimum absolute atomic E-state index is 0.319. The fourth-order valence-electron chi connectivity index (χ4n) is 2.88. The Morgan fingerprint density at radius 1 is 1.47 bits per heavy atom. The van der Waals surface area contributed by atoms with Crippen LogP contribution in [0.4, 0.5) is 0 Å². The van der Waals surface area contributed by atoms with E-state index in [4.69, 9.17) is 0 Å². The Balaban J connectivity index is 1.41. The SMILES string of the molecule is O=C(NCCC1CC1)C1CC12CCNC2. The van der Waals surface area contributed by atoms with E-state index < -0.39 is 0 Å². The zero-order valence-corrected chi connectivity index (χ0v) is 9.22. The highest BCUT2D eigenvalue weighted by Gasteiger charge is 2.58. The molecule has 1 aliphatic heterocycles. The Bertz CT molecular complexity index is 267. The predicted molar refractivity (Wildman–Crippen MR) is 58.4 cm³/mol. The van der Waals surface area contributed by atoms with Gasteiger partial charge in [0.1, 0.15) is 0 Å². The average Bonchev–Trinajstić information content (AvgIpc) is 3.07. The van der Waals surface area contributed by atoms with Crippen LogP contribution in [0.2, 0.25) is 0 Å². The van der Waals surface area contributed by atoms with E-state index in [2.05, 4.69) is 10.6 Å². The second-order valence-electron chi connectivity index (χ2n) is 5.57. The van der Waals surface area contributed by atoms with Crippen LogP contribution in [0.15, 0.2) is 0 Å². The van der Waals surface area contributed by atoms with Gasteiger partial charge in [0.25, 0.3) is 0 Å². The maximum atomic E-state index is 11.8. The normalized spacial score (nSPS) is 38.3. The van der Waals surface area contributed by atoms with Crippen LogP contribution < -0.4 is 10.6 Å². The molecule has 84 valence electrons. The highest BCUT2D eigenvalue weighted by atomic mass is 16.2. The molecule has 1 spiro atoms. The molecule has 3 aliphatic rings. The van der Waals surface area contributed by atoms with Crippen molar-refractivity contribution in [2.24, 2.45) is 17.3 Å². The Hall–Kier alpha value is -0.570. The fraction of sp³-hybridized carbons (Fsp3) is 0.917. The van der Waals surface area contributed by atoms with Crippen LogP contribution >= 0.6 is 0 Å². The van der Waals surface area contributed by atoms with Crippen LogP contribution in [0, 0.1) is 17.3 Å². The van der Waals surface area contributed by atoms with Crippen LogP contribution in [0.25, 0.3) is 0 Å². The maximum Gasteiger partial charge on any atom is 0.223 e. The van der Waals surface area contributed by atoms with Gasteiger partial charge in [0.05, 0.1) is 0 Å². The summed E-state index contributed by atoms with van der Waals surface area (Å²) in [6.45, 7) is 3.07. The van der Waals surface area contributed by atoms with Gasteiger partial charge in [-0.1, -0.05) is 12.8 Å². The number of rotatable bonds is 4. The molecule has 0 aromatic carbocycles. The summed E-state index contributed by atoms with van der Waals surface area (Å²) in [5.41, 5.74) is 0.365. The van der Waals surface area contributed by atoms with Crippen molar-refractivity contribution in [3.05, 3.63) is 0 Å². The first kappa shape index (κ1) is 9.64. The van der Waals surface area contributed by atoms with Crippen LogP contribution in [0.3, 0.4) is 0 Å². The second kappa shape index (κ2) is 3.48. The van der Waals surface area contributed by atoms with Crippen molar-refractivity contribution in [1.29, 1.82) is 0 Å². The quantitative estimate of drug-likeness (QED) is 0.721. The molecule has 3 nitrogen and oxygen atoms in total. The Morgan fingerprint density at radius 2 is 2.33 bits per heavy atom. The third-order valence-electron chi connectivity index (χ3n) is 4.33. The van der Waals surface area contributed by atoms with Crippen LogP contribution in [-0.4, -0.2) is 25.5 Å². The van der Waals surface area contributed by atoms with Gasteiger partial charge in [0.15, 0.2) is 0 Å². The van der Waals surface area contributed by atoms with Crippen molar-refractivity contribution in [2.75, 3.05) is 19.6 Å². The Kier molecular flexibility index (Phi) is 2.23. The highest BCUT2D eigenvalue weighted by Crippen LogP contribution is 2.56. The molecule has 3 fully saturated rings. The lowest BCUT2D eigenvalue weighted by molar-refractivity contribution is -0.123. The van der Waals surface area contributed by atoms with E-state index in [-0.39, 0.29) is 0 Å². The molecule has 2 unspecified atom stereocenters. The molecule has 2 N–H and O–H groups in total. The van der Waals surface area contributed by atoms with Crippen molar-refractivity contribution in [3.8, 4) is 0 Å². The third-order valence-corrected chi connectivity index (χ3v) is 4.33. The summed E-state index contributed by atoms with van der Waals surface area (Å²) in [6, 6.07) is 0. The van der Waals surface area contributed by atoms with Crippen LogP contribution in [0.1, 0.15) is 32.1 Å². The predicted octanol–water partition coefficient (Wildman–Crippen LogP) is 0.902. The molecule has 0 aromatic rings. The average molecular weight is 208 g/mol. The van der Waals surface area contributed by atoms with E-state index in [1.165, 1.54) is 25.7 Å². The first-order valence-electron chi connectivity index (χ1n) is 6.29. The number of carbonyl (C=O) groups is 1. The van der Waals surface area contributed by atoms with E-state index >= 15 is 0 Å². The Morgan fingerprint density at radius 3 is 3.00 bits per heavy atom. The van der Waals surface area contributed by atoms with Gasteiger partial charge in [0.2, 0.25) is 5.91 Å². The molecule has 0 aromatic heterocycles. The van der Waals surface area contributed by atoms with Crippen molar-refractivity contribution >= 4 is 5.91 Å². The summed E-state index contributed by atoms with van der Waals surface area (Å²) >= 11 is 0. The molecule has 0 radical (unpaired) electrons. The van der Waals surface area contributed by atoms with Gasteiger partial charge in [-0.15, -0.1) is 0 Å². The van der Waals surface area contributed by atoms with Gasteiger partial charge in [-0.25, -0.2) is 0 Å². The van der Waals surface area contributed by atoms with Gasteiger partial charge in [-0.05, 0) is 37.1 Å². The highest BCUT2D eigenvalue weighted by molar-refractivity contribution is 5.82. The van der Waals surface area contributed by atoms with Crippen molar-refractivity contribution in [1.82, 2.24) is 10.6 Å². The van der Waals surface area contributed by atoms with Gasteiger partial charge in [-0.2, -0.15) is 0 Å². The molecule has 2 saturated carbocycles. The zero-order chi connectivity index (χ0) is 10.3. The lowest BCUT2D eigenvalue weighted by Crippen LogP contribution is -2.29. The van der Waals surface area contributed by atoms with Crippen LogP contribution in [-0.2, 0) is 4.79 Å². The van der Waals surface area contributed by atoms with Gasteiger partial charge in [0, 0.05) is 19.0 Å². The lowest BCUT2D eigenvalue weighted by Gasteiger charge is -2.08. The molecule has 0 bridgehead atoms. The van der Waals surface area contributed by atoms with Crippen molar-refractivity contribution in [2.45, 2.75) is 32.1 Å². The lowest BCUT2D eigenvalue weighted by atomic mass is 10.0. The third kappa shape index (κ3) is 1.89. The molecule has 1 saturated heterocycles. The number of amides is 1. The van der Waals surface area contributed by atoms with E-state index in [0.29, 0.717) is 17.2 Å². The van der Waals surface area contributed by atoms with Gasteiger partial charge < -0.3 is 10.6 Å². The minimum atomic E-state index is 0.319. The molecule has 3 heteroatoms. The number of carbonyl (C=O) groups excluding carboxylic acids is 1. The molecule has 2 aliphatic carbocycles. The molecule has 1 heterocycles. The summed E-state index contributed by atoms with van der Waals surface area (Å²) in [4.78, 5) is 11.8. The second-order valence-corrected chi connectivity index (χ2v) is 5.57. The number of nitrogens with one attached hydrogen (secondary N) is 2. The summed E-state index contributed by atoms with van der Waals surface area (Å²) in [7, 11) is 0. The zero-order valence-electron chi connectivity index (χ0n) is 9.22. The van der Waals surface area contributed by atoms with Gasteiger partial charge in [-0.3, -0.25) is 4.79 Å². The molecule has 15 heavy (non-hydrogen) atoms. The standard InChI is InChI=1S/C12H20N2O/c15-11(14-5-3-9-1-2-9)10-7-12(10)4-6-13-8-12/h9-10,13H,1-8H2,(H,14,15). The maximum absolute atomic E-state index is 11.8. The Labute approximate surface area is 91.0 Å². The van der Waals surface area contributed by atoms with E-state index in [1.54, 1.807) is 0 Å². The molecule has 3 rings (SSSR count). The topological polar surface area (TPSA) is 41.1 Å². The molecular weight excluding hydrogens is 188 g/mol. The summed E-state index contributed by atoms with van der Waals surface area (Å²) < 4.78 is 0. The van der Waals surface area contributed by atoms with E-state index in [0.717, 1.165) is 32.0 Å². The van der Waals surface area contributed by atoms with E-state index in [9.17, 15) is 4.79 Å².